The second-order valence-electron chi connectivity index (χ2n) is 2.78. The minimum Gasteiger partial charge on any atom is -0.504 e. The Morgan fingerprint density at radius 1 is 1.50 bits per heavy atom. The number of phenolic OH excluding ortho intramolecular Hbond substituents is 2. The van der Waals surface area contributed by atoms with Crippen molar-refractivity contribution in [3.63, 3.8) is 0 Å². The maximum absolute atomic E-state index is 9.37. The number of allylic oxidation sites excluding steroid dienone is 1. The first-order valence-electron chi connectivity index (χ1n) is 3.94. The maximum Gasteiger partial charge on any atom is 0.200 e. The van der Waals surface area contributed by atoms with Gasteiger partial charge in [-0.15, -0.1) is 0 Å². The monoisotopic (exact) mass is 258 g/mol. The summed E-state index contributed by atoms with van der Waals surface area (Å²) in [5, 5.41) is 19.3. The first kappa shape index (κ1) is 10.9. The summed E-state index contributed by atoms with van der Waals surface area (Å²) in [5.41, 5.74) is 1.53. The Balaban J connectivity index is 3.22. The number of benzene rings is 1. The van der Waals surface area contributed by atoms with Crippen molar-refractivity contribution in [1.82, 2.24) is 0 Å². The number of methoxy groups -OCH3 is 1. The average molecular weight is 259 g/mol. The molecule has 0 amide bonds. The zero-order chi connectivity index (χ0) is 10.7. The van der Waals surface area contributed by atoms with Gasteiger partial charge in [0.15, 0.2) is 11.5 Å². The third-order valence-corrected chi connectivity index (χ3v) is 2.52. The zero-order valence-electron chi connectivity index (χ0n) is 7.75. The van der Waals surface area contributed by atoms with Gasteiger partial charge in [-0.25, -0.2) is 0 Å². The molecule has 14 heavy (non-hydrogen) atoms. The summed E-state index contributed by atoms with van der Waals surface area (Å²) in [6.45, 7) is 3.79. The summed E-state index contributed by atoms with van der Waals surface area (Å²) in [5.74, 6) is -0.220. The van der Waals surface area contributed by atoms with Crippen molar-refractivity contribution in [3.8, 4) is 17.2 Å². The van der Waals surface area contributed by atoms with Crippen molar-refractivity contribution in [2.24, 2.45) is 0 Å². The highest BCUT2D eigenvalue weighted by Crippen LogP contribution is 2.37. The van der Waals surface area contributed by atoms with E-state index in [1.54, 1.807) is 6.07 Å². The molecule has 0 atom stereocenters. The van der Waals surface area contributed by atoms with E-state index in [9.17, 15) is 10.2 Å². The number of aromatic hydroxyl groups is 2. The summed E-state index contributed by atoms with van der Waals surface area (Å²) in [6.07, 6.45) is 0. The Hall–Kier alpha value is -1.16. The van der Waals surface area contributed by atoms with Gasteiger partial charge in [0.2, 0.25) is 5.75 Å². The highest BCUT2D eigenvalue weighted by Gasteiger charge is 2.10. The molecule has 1 rings (SSSR count). The lowest BCUT2D eigenvalue weighted by Gasteiger charge is -2.09. The van der Waals surface area contributed by atoms with E-state index in [0.29, 0.717) is 5.33 Å². The molecule has 0 heterocycles. The lowest BCUT2D eigenvalue weighted by molar-refractivity contribution is 0.351. The van der Waals surface area contributed by atoms with Crippen LogP contribution in [0.15, 0.2) is 18.7 Å². The molecule has 1 aromatic rings. The van der Waals surface area contributed by atoms with E-state index in [2.05, 4.69) is 22.5 Å². The van der Waals surface area contributed by atoms with Crippen molar-refractivity contribution in [1.29, 1.82) is 0 Å². The van der Waals surface area contributed by atoms with Gasteiger partial charge in [-0.2, -0.15) is 0 Å². The third-order valence-electron chi connectivity index (χ3n) is 1.84. The summed E-state index contributed by atoms with van der Waals surface area (Å²) < 4.78 is 4.89. The van der Waals surface area contributed by atoms with E-state index in [4.69, 9.17) is 4.74 Å². The topological polar surface area (TPSA) is 49.7 Å². The molecular formula is C10H11BrO3. The molecule has 76 valence electrons. The van der Waals surface area contributed by atoms with Crippen LogP contribution < -0.4 is 4.74 Å². The number of halogens is 1. The van der Waals surface area contributed by atoms with E-state index in [1.807, 2.05) is 0 Å². The van der Waals surface area contributed by atoms with Crippen molar-refractivity contribution in [3.05, 3.63) is 24.3 Å². The normalized spacial score (nSPS) is 9.86. The SMILES string of the molecule is C=C(CBr)c1cc(O)c(O)c(OC)c1. The van der Waals surface area contributed by atoms with Gasteiger partial charge in [0, 0.05) is 5.33 Å². The molecule has 2 N–H and O–H groups in total. The van der Waals surface area contributed by atoms with E-state index in [0.717, 1.165) is 11.1 Å². The molecule has 0 aromatic heterocycles. The van der Waals surface area contributed by atoms with Gasteiger partial charge in [0.25, 0.3) is 0 Å². The highest BCUT2D eigenvalue weighted by molar-refractivity contribution is 9.09. The van der Waals surface area contributed by atoms with Crippen molar-refractivity contribution < 1.29 is 14.9 Å². The zero-order valence-corrected chi connectivity index (χ0v) is 9.34. The number of phenols is 2. The summed E-state index contributed by atoms with van der Waals surface area (Å²) >= 11 is 3.26. The number of hydrogen-bond acceptors (Lipinski definition) is 3. The van der Waals surface area contributed by atoms with E-state index < -0.39 is 0 Å². The van der Waals surface area contributed by atoms with Crippen LogP contribution >= 0.6 is 15.9 Å². The molecule has 0 radical (unpaired) electrons. The van der Waals surface area contributed by atoms with Gasteiger partial charge in [0.05, 0.1) is 7.11 Å². The fraction of sp³-hybridized carbons (Fsp3) is 0.200. The minimum atomic E-state index is -0.251. The fourth-order valence-corrected chi connectivity index (χ4v) is 1.35. The molecule has 0 saturated heterocycles. The molecule has 0 fully saturated rings. The molecule has 0 aliphatic rings. The first-order valence-corrected chi connectivity index (χ1v) is 5.06. The molecule has 0 aliphatic carbocycles. The Morgan fingerprint density at radius 2 is 2.14 bits per heavy atom. The minimum absolute atomic E-state index is 0.207. The van der Waals surface area contributed by atoms with Crippen LogP contribution in [0.4, 0.5) is 0 Å². The lowest BCUT2D eigenvalue weighted by Crippen LogP contribution is -1.89. The number of rotatable bonds is 3. The van der Waals surface area contributed by atoms with Crippen LogP contribution in [0.1, 0.15) is 5.56 Å². The summed E-state index contributed by atoms with van der Waals surface area (Å²) in [4.78, 5) is 0. The Kier molecular flexibility index (Phi) is 3.41. The van der Waals surface area contributed by atoms with Gasteiger partial charge in [-0.3, -0.25) is 0 Å². The standard InChI is InChI=1S/C10H11BrO3/c1-6(5-11)7-3-8(12)10(13)9(4-7)14-2/h3-4,12-13H,1,5H2,2H3. The van der Waals surface area contributed by atoms with E-state index in [-0.39, 0.29) is 17.2 Å². The molecule has 0 aliphatic heterocycles. The quantitative estimate of drug-likeness (QED) is 0.647. The van der Waals surface area contributed by atoms with Gasteiger partial charge in [-0.1, -0.05) is 22.5 Å². The van der Waals surface area contributed by atoms with Gasteiger partial charge in [-0.05, 0) is 23.3 Å². The van der Waals surface area contributed by atoms with Crippen LogP contribution in [0.25, 0.3) is 5.57 Å². The largest absolute Gasteiger partial charge is 0.504 e. The number of ether oxygens (including phenoxy) is 1. The number of hydrogen-bond donors (Lipinski definition) is 2. The predicted molar refractivity (Wildman–Crippen MR) is 59.2 cm³/mol. The third kappa shape index (κ3) is 2.01. The van der Waals surface area contributed by atoms with Crippen LogP contribution in [-0.2, 0) is 0 Å². The van der Waals surface area contributed by atoms with Crippen LogP contribution in [0.2, 0.25) is 0 Å². The van der Waals surface area contributed by atoms with Gasteiger partial charge >= 0.3 is 0 Å². The van der Waals surface area contributed by atoms with E-state index >= 15 is 0 Å². The summed E-state index contributed by atoms with van der Waals surface area (Å²) in [7, 11) is 1.43. The maximum atomic E-state index is 9.37. The highest BCUT2D eigenvalue weighted by atomic mass is 79.9. The van der Waals surface area contributed by atoms with E-state index in [1.165, 1.54) is 13.2 Å². The second kappa shape index (κ2) is 4.37. The Morgan fingerprint density at radius 3 is 2.64 bits per heavy atom. The van der Waals surface area contributed by atoms with Crippen LogP contribution in [0, 0.1) is 0 Å². The van der Waals surface area contributed by atoms with Gasteiger partial charge < -0.3 is 14.9 Å². The lowest BCUT2D eigenvalue weighted by atomic mass is 10.1. The van der Waals surface area contributed by atoms with Crippen molar-refractivity contribution in [2.45, 2.75) is 0 Å². The molecule has 0 saturated carbocycles. The first-order chi connectivity index (χ1) is 6.60. The van der Waals surface area contributed by atoms with Crippen molar-refractivity contribution in [2.75, 3.05) is 12.4 Å². The molecule has 0 spiro atoms. The molecule has 1 aromatic carbocycles. The molecule has 3 nitrogen and oxygen atoms in total. The second-order valence-corrected chi connectivity index (χ2v) is 3.34. The predicted octanol–water partition coefficient (Wildman–Crippen LogP) is 2.51. The molecule has 4 heteroatoms. The smallest absolute Gasteiger partial charge is 0.200 e. The van der Waals surface area contributed by atoms with Crippen LogP contribution in [0.5, 0.6) is 17.2 Å². The molecule has 0 unspecified atom stereocenters. The van der Waals surface area contributed by atoms with Crippen molar-refractivity contribution >= 4 is 21.5 Å². The average Bonchev–Trinajstić information content (AvgIpc) is 2.20. The Labute approximate surface area is 90.8 Å². The summed E-state index contributed by atoms with van der Waals surface area (Å²) in [6, 6.07) is 3.07. The fourth-order valence-electron chi connectivity index (χ4n) is 1.03. The molecular weight excluding hydrogens is 248 g/mol. The molecule has 0 bridgehead atoms. The van der Waals surface area contributed by atoms with Crippen LogP contribution in [-0.4, -0.2) is 22.7 Å². The number of alkyl halides is 1. The van der Waals surface area contributed by atoms with Crippen LogP contribution in [0.3, 0.4) is 0 Å². The van der Waals surface area contributed by atoms with Gasteiger partial charge in [0.1, 0.15) is 0 Å². The Bertz CT molecular complexity index is 361.